The molecule has 0 radical (unpaired) electrons. The maximum atomic E-state index is 11.3. The maximum absolute atomic E-state index is 11.3. The third kappa shape index (κ3) is 1.23. The number of thiazole rings is 1. The van der Waals surface area contributed by atoms with Gasteiger partial charge in [-0.25, -0.2) is 0 Å². The van der Waals surface area contributed by atoms with Gasteiger partial charge in [-0.3, -0.25) is 4.79 Å². The molecule has 0 saturated carbocycles. The lowest BCUT2D eigenvalue weighted by atomic mass is 10.3. The molecule has 0 spiro atoms. The van der Waals surface area contributed by atoms with Crippen LogP contribution in [0.1, 0.15) is 0 Å². The molecule has 0 unspecified atom stereocenters. The second-order valence-corrected chi connectivity index (χ2v) is 3.85. The van der Waals surface area contributed by atoms with Crippen molar-refractivity contribution < 1.29 is 0 Å². The topological polar surface area (TPSA) is 34.0 Å². The number of nitrogens with zero attached hydrogens (tertiary/aromatic N) is 1. The molecule has 0 aliphatic rings. The summed E-state index contributed by atoms with van der Waals surface area (Å²) in [6.07, 6.45) is 0. The van der Waals surface area contributed by atoms with Crippen LogP contribution < -0.4 is 10.2 Å². The molecule has 0 aliphatic heterocycles. The van der Waals surface area contributed by atoms with Gasteiger partial charge in [0.25, 0.3) is 0 Å². The molecule has 2 rings (SSSR count). The Hall–Kier alpha value is -1.29. The molecule has 0 amide bonds. The van der Waals surface area contributed by atoms with Crippen LogP contribution in [0.4, 0.5) is 5.69 Å². The van der Waals surface area contributed by atoms with Crippen molar-refractivity contribution in [2.24, 2.45) is 7.05 Å². The van der Waals surface area contributed by atoms with Crippen LogP contribution in [0.3, 0.4) is 0 Å². The van der Waals surface area contributed by atoms with Crippen LogP contribution in [-0.4, -0.2) is 11.6 Å². The van der Waals surface area contributed by atoms with Crippen molar-refractivity contribution in [2.45, 2.75) is 0 Å². The summed E-state index contributed by atoms with van der Waals surface area (Å²) in [6.45, 7) is 0. The lowest BCUT2D eigenvalue weighted by molar-refractivity contribution is 0.939. The highest BCUT2D eigenvalue weighted by Gasteiger charge is 2.03. The summed E-state index contributed by atoms with van der Waals surface area (Å²) in [5.74, 6) is 0. The second kappa shape index (κ2) is 2.88. The van der Waals surface area contributed by atoms with E-state index in [1.807, 2.05) is 25.2 Å². The maximum Gasteiger partial charge on any atom is 0.307 e. The predicted molar refractivity (Wildman–Crippen MR) is 56.6 cm³/mol. The van der Waals surface area contributed by atoms with Gasteiger partial charge in [-0.15, -0.1) is 0 Å². The molecule has 1 aromatic heterocycles. The number of fused-ring (bicyclic) bond motifs is 1. The Morgan fingerprint density at radius 3 is 2.92 bits per heavy atom. The van der Waals surface area contributed by atoms with E-state index >= 15 is 0 Å². The van der Waals surface area contributed by atoms with E-state index in [-0.39, 0.29) is 4.87 Å². The fraction of sp³-hybridized carbons (Fsp3) is 0.222. The summed E-state index contributed by atoms with van der Waals surface area (Å²) in [5.41, 5.74) is 2.03. The van der Waals surface area contributed by atoms with Gasteiger partial charge in [0.05, 0.1) is 10.2 Å². The van der Waals surface area contributed by atoms with Gasteiger partial charge in [0.2, 0.25) is 0 Å². The van der Waals surface area contributed by atoms with Crippen molar-refractivity contribution in [2.75, 3.05) is 12.4 Å². The first-order valence-corrected chi connectivity index (χ1v) is 4.81. The lowest BCUT2D eigenvalue weighted by Crippen LogP contribution is -2.06. The van der Waals surface area contributed by atoms with Gasteiger partial charge in [0.15, 0.2) is 0 Å². The monoisotopic (exact) mass is 194 g/mol. The zero-order valence-electron chi connectivity index (χ0n) is 7.50. The van der Waals surface area contributed by atoms with Gasteiger partial charge < -0.3 is 9.88 Å². The number of hydrogen-bond acceptors (Lipinski definition) is 3. The number of benzene rings is 1. The zero-order valence-corrected chi connectivity index (χ0v) is 8.31. The first kappa shape index (κ1) is 8.31. The van der Waals surface area contributed by atoms with E-state index in [4.69, 9.17) is 0 Å². The minimum Gasteiger partial charge on any atom is -0.388 e. The number of hydrogen-bond donors (Lipinski definition) is 1. The molecule has 1 N–H and O–H groups in total. The smallest absolute Gasteiger partial charge is 0.307 e. The van der Waals surface area contributed by atoms with Crippen LogP contribution in [0.2, 0.25) is 0 Å². The first-order valence-electron chi connectivity index (χ1n) is 3.99. The number of rotatable bonds is 1. The molecule has 0 aliphatic carbocycles. The third-order valence-electron chi connectivity index (χ3n) is 2.08. The summed E-state index contributed by atoms with van der Waals surface area (Å²) in [6, 6.07) is 5.91. The fourth-order valence-corrected chi connectivity index (χ4v) is 2.21. The van der Waals surface area contributed by atoms with Crippen LogP contribution >= 0.6 is 11.3 Å². The van der Waals surface area contributed by atoms with Crippen molar-refractivity contribution in [3.8, 4) is 0 Å². The van der Waals surface area contributed by atoms with Crippen LogP contribution in [0, 0.1) is 0 Å². The van der Waals surface area contributed by atoms with E-state index in [0.717, 1.165) is 15.9 Å². The molecular weight excluding hydrogens is 184 g/mol. The van der Waals surface area contributed by atoms with Gasteiger partial charge >= 0.3 is 4.87 Å². The number of anilines is 1. The first-order chi connectivity index (χ1) is 6.22. The normalized spacial score (nSPS) is 10.6. The van der Waals surface area contributed by atoms with Crippen LogP contribution in [0.25, 0.3) is 10.2 Å². The highest BCUT2D eigenvalue weighted by molar-refractivity contribution is 7.16. The average molecular weight is 194 g/mol. The highest BCUT2D eigenvalue weighted by Crippen LogP contribution is 2.20. The summed E-state index contributed by atoms with van der Waals surface area (Å²) in [4.78, 5) is 11.4. The van der Waals surface area contributed by atoms with E-state index < -0.39 is 0 Å². The van der Waals surface area contributed by atoms with Gasteiger partial charge in [-0.1, -0.05) is 11.3 Å². The standard InChI is InChI=1S/C9H10N2OS/c1-10-6-3-4-7-8(5-6)13-9(12)11(7)2/h3-5,10H,1-2H3. The molecule has 0 atom stereocenters. The fourth-order valence-electron chi connectivity index (χ4n) is 1.29. The van der Waals surface area contributed by atoms with Gasteiger partial charge in [0, 0.05) is 19.8 Å². The Morgan fingerprint density at radius 2 is 2.23 bits per heavy atom. The van der Waals surface area contributed by atoms with Crippen LogP contribution in [0.5, 0.6) is 0 Å². The van der Waals surface area contributed by atoms with E-state index in [0.29, 0.717) is 0 Å². The molecule has 4 heteroatoms. The average Bonchev–Trinajstić information content (AvgIpc) is 2.42. The van der Waals surface area contributed by atoms with Crippen molar-refractivity contribution in [1.82, 2.24) is 4.57 Å². The Labute approximate surface area is 79.6 Å². The molecule has 1 aromatic carbocycles. The van der Waals surface area contributed by atoms with E-state index in [2.05, 4.69) is 5.32 Å². The Balaban J connectivity index is 2.80. The molecule has 0 bridgehead atoms. The highest BCUT2D eigenvalue weighted by atomic mass is 32.1. The van der Waals surface area contributed by atoms with Gasteiger partial charge in [-0.2, -0.15) is 0 Å². The molecule has 68 valence electrons. The molecule has 0 saturated heterocycles. The van der Waals surface area contributed by atoms with Crippen molar-refractivity contribution in [3.63, 3.8) is 0 Å². The van der Waals surface area contributed by atoms with E-state index in [1.165, 1.54) is 11.3 Å². The molecule has 2 aromatic rings. The lowest BCUT2D eigenvalue weighted by Gasteiger charge is -1.99. The third-order valence-corrected chi connectivity index (χ3v) is 3.08. The molecule has 3 nitrogen and oxygen atoms in total. The minimum absolute atomic E-state index is 0.0863. The Morgan fingerprint density at radius 1 is 1.46 bits per heavy atom. The largest absolute Gasteiger partial charge is 0.388 e. The van der Waals surface area contributed by atoms with Crippen molar-refractivity contribution in [3.05, 3.63) is 27.9 Å². The van der Waals surface area contributed by atoms with Gasteiger partial charge in [-0.05, 0) is 18.2 Å². The summed E-state index contributed by atoms with van der Waals surface area (Å²) < 4.78 is 2.69. The minimum atomic E-state index is 0.0863. The Bertz CT molecular complexity index is 498. The number of aromatic nitrogens is 1. The van der Waals surface area contributed by atoms with Crippen LogP contribution in [0.15, 0.2) is 23.0 Å². The van der Waals surface area contributed by atoms with Crippen molar-refractivity contribution in [1.29, 1.82) is 0 Å². The van der Waals surface area contributed by atoms with E-state index in [1.54, 1.807) is 11.6 Å². The summed E-state index contributed by atoms with van der Waals surface area (Å²) in [7, 11) is 3.66. The number of nitrogens with one attached hydrogen (secondary N) is 1. The summed E-state index contributed by atoms with van der Waals surface area (Å²) in [5, 5.41) is 3.04. The van der Waals surface area contributed by atoms with Crippen LogP contribution in [-0.2, 0) is 7.05 Å². The molecule has 0 fully saturated rings. The Kier molecular flexibility index (Phi) is 1.84. The van der Waals surface area contributed by atoms with E-state index in [9.17, 15) is 4.79 Å². The zero-order chi connectivity index (χ0) is 9.42. The van der Waals surface area contributed by atoms with Crippen molar-refractivity contribution >= 4 is 27.2 Å². The molecular formula is C9H10N2OS. The second-order valence-electron chi connectivity index (χ2n) is 2.86. The molecule has 1 heterocycles. The molecule has 13 heavy (non-hydrogen) atoms. The summed E-state index contributed by atoms with van der Waals surface area (Å²) >= 11 is 1.28. The SMILES string of the molecule is CNc1ccc2c(c1)sc(=O)n2C. The predicted octanol–water partition coefficient (Wildman–Crippen LogP) is 1.64. The van der Waals surface area contributed by atoms with Gasteiger partial charge in [0.1, 0.15) is 0 Å². The quantitative estimate of drug-likeness (QED) is 0.748. The number of aryl methyl sites for hydroxylation is 1.